The minimum absolute atomic E-state index is 0.0943. The molecule has 0 fully saturated rings. The first kappa shape index (κ1) is 24.2. The Morgan fingerprint density at radius 3 is 2.85 bits per heavy atom. The van der Waals surface area contributed by atoms with Gasteiger partial charge in [-0.2, -0.15) is 4.99 Å². The van der Waals surface area contributed by atoms with E-state index in [0.717, 1.165) is 44.4 Å². The molecule has 2 aromatic heterocycles. The van der Waals surface area contributed by atoms with E-state index in [2.05, 4.69) is 26.2 Å². The van der Waals surface area contributed by atoms with Crippen LogP contribution in [-0.4, -0.2) is 40.5 Å². The first-order valence-corrected chi connectivity index (χ1v) is 14.0. The molecule has 7 nitrogen and oxygen atoms in total. The Morgan fingerprint density at radius 2 is 2.06 bits per heavy atom. The minimum Gasteiger partial charge on any atom is -0.462 e. The van der Waals surface area contributed by atoms with Crippen molar-refractivity contribution in [3.8, 4) is 0 Å². The van der Waals surface area contributed by atoms with Crippen molar-refractivity contribution in [2.24, 2.45) is 12.0 Å². The van der Waals surface area contributed by atoms with E-state index in [1.165, 1.54) is 34.4 Å². The van der Waals surface area contributed by atoms with E-state index < -0.39 is 5.97 Å². The van der Waals surface area contributed by atoms with Crippen molar-refractivity contribution in [3.63, 3.8) is 0 Å². The summed E-state index contributed by atoms with van der Waals surface area (Å²) in [5, 5.41) is 3.39. The summed E-state index contributed by atoms with van der Waals surface area (Å²) in [5.41, 5.74) is 2.49. The second kappa shape index (κ2) is 10.5. The molecule has 11 heteroatoms. The lowest BCUT2D eigenvalue weighted by molar-refractivity contribution is -0.115. The molecule has 1 aliphatic carbocycles. The lowest BCUT2D eigenvalue weighted by Crippen LogP contribution is -2.18. The van der Waals surface area contributed by atoms with Crippen LogP contribution in [0.4, 0.5) is 5.00 Å². The maximum atomic E-state index is 12.5. The van der Waals surface area contributed by atoms with Crippen molar-refractivity contribution in [2.45, 2.75) is 26.2 Å². The molecule has 0 unspecified atom stereocenters. The Morgan fingerprint density at radius 1 is 1.24 bits per heavy atom. The average molecular weight is 569 g/mol. The zero-order valence-corrected chi connectivity index (χ0v) is 22.1. The number of thiazole rings is 1. The van der Waals surface area contributed by atoms with Gasteiger partial charge in [-0.3, -0.25) is 9.59 Å². The number of ether oxygens (including phenoxy) is 1. The van der Waals surface area contributed by atoms with Gasteiger partial charge < -0.3 is 14.6 Å². The average Bonchev–Trinajstić information content (AvgIpc) is 3.41. The summed E-state index contributed by atoms with van der Waals surface area (Å²) in [5.74, 6) is -0.752. The number of benzene rings is 1. The number of rotatable bonds is 7. The molecule has 0 radical (unpaired) electrons. The van der Waals surface area contributed by atoms with Crippen LogP contribution in [0.25, 0.3) is 10.2 Å². The Balaban J connectivity index is 1.37. The quantitative estimate of drug-likeness (QED) is 0.423. The molecule has 2 heterocycles. The van der Waals surface area contributed by atoms with Gasteiger partial charge in [0.05, 0.1) is 33.9 Å². The van der Waals surface area contributed by atoms with Crippen LogP contribution in [-0.2, 0) is 34.2 Å². The molecule has 0 saturated heterocycles. The first-order valence-electron chi connectivity index (χ1n) is 10.4. The van der Waals surface area contributed by atoms with Crippen LogP contribution >= 0.6 is 50.4 Å². The summed E-state index contributed by atoms with van der Waals surface area (Å²) < 4.78 is 9.08. The molecule has 4 rings (SSSR count). The van der Waals surface area contributed by atoms with Crippen molar-refractivity contribution in [1.82, 2.24) is 4.57 Å². The van der Waals surface area contributed by atoms with Gasteiger partial charge in [-0.1, -0.05) is 27.3 Å². The summed E-state index contributed by atoms with van der Waals surface area (Å²) in [7, 11) is 1.87. The van der Waals surface area contributed by atoms with Gasteiger partial charge in [0.2, 0.25) is 5.91 Å². The molecule has 33 heavy (non-hydrogen) atoms. The fourth-order valence-corrected chi connectivity index (χ4v) is 7.14. The number of fused-ring (bicyclic) bond motifs is 2. The van der Waals surface area contributed by atoms with Crippen LogP contribution in [0.2, 0.25) is 0 Å². The Kier molecular flexibility index (Phi) is 7.72. The third-order valence-corrected chi connectivity index (χ3v) is 8.82. The highest BCUT2D eigenvalue weighted by Gasteiger charge is 2.28. The lowest BCUT2D eigenvalue weighted by atomic mass is 10.1. The number of aryl methyl sites for hydroxylation is 2. The van der Waals surface area contributed by atoms with Crippen molar-refractivity contribution in [1.29, 1.82) is 0 Å². The monoisotopic (exact) mass is 567 g/mol. The predicted molar refractivity (Wildman–Crippen MR) is 137 cm³/mol. The van der Waals surface area contributed by atoms with Gasteiger partial charge in [-0.15, -0.1) is 23.1 Å². The van der Waals surface area contributed by atoms with Gasteiger partial charge >= 0.3 is 5.97 Å². The topological polar surface area (TPSA) is 89.8 Å². The fraction of sp³-hybridized carbons (Fsp3) is 0.364. The maximum absolute atomic E-state index is 12.5. The number of anilines is 1. The number of hydrogen-bond acceptors (Lipinski definition) is 7. The first-order chi connectivity index (χ1) is 15.9. The Bertz CT molecular complexity index is 1310. The summed E-state index contributed by atoms with van der Waals surface area (Å²) in [4.78, 5) is 43.2. The summed E-state index contributed by atoms with van der Waals surface area (Å²) >= 11 is 7.54. The van der Waals surface area contributed by atoms with Crippen molar-refractivity contribution < 1.29 is 19.1 Å². The number of amides is 2. The zero-order chi connectivity index (χ0) is 23.5. The normalized spacial score (nSPS) is 13.4. The van der Waals surface area contributed by atoms with Gasteiger partial charge in [0.15, 0.2) is 4.80 Å². The molecular formula is C22H22BrN3O4S3. The molecule has 1 aromatic carbocycles. The van der Waals surface area contributed by atoms with E-state index in [4.69, 9.17) is 4.74 Å². The molecule has 0 saturated carbocycles. The smallest absolute Gasteiger partial charge is 0.341 e. The third-order valence-electron chi connectivity index (χ3n) is 5.10. The molecule has 3 aromatic rings. The fourth-order valence-electron chi connectivity index (χ4n) is 3.66. The van der Waals surface area contributed by atoms with Gasteiger partial charge in [0.1, 0.15) is 5.00 Å². The molecule has 174 valence electrons. The van der Waals surface area contributed by atoms with Crippen LogP contribution in [0, 0.1) is 0 Å². The van der Waals surface area contributed by atoms with E-state index in [9.17, 15) is 14.4 Å². The largest absolute Gasteiger partial charge is 0.462 e. The van der Waals surface area contributed by atoms with Crippen molar-refractivity contribution in [2.75, 3.05) is 23.4 Å². The Hall–Kier alpha value is -1.95. The number of nitrogens with one attached hydrogen (secondary N) is 1. The van der Waals surface area contributed by atoms with Crippen LogP contribution in [0.15, 0.2) is 27.7 Å². The molecule has 1 aliphatic rings. The van der Waals surface area contributed by atoms with Crippen molar-refractivity contribution >= 4 is 83.4 Å². The summed E-state index contributed by atoms with van der Waals surface area (Å²) in [6.07, 6.45) is 2.75. The summed E-state index contributed by atoms with van der Waals surface area (Å²) in [6, 6.07) is 5.92. The lowest BCUT2D eigenvalue weighted by Gasteiger charge is -2.07. The molecule has 2 amide bonds. The number of carbonyl (C=O) groups excluding carboxylic acids is 3. The highest BCUT2D eigenvalue weighted by molar-refractivity contribution is 9.10. The van der Waals surface area contributed by atoms with Gasteiger partial charge in [-0.05, 0) is 49.9 Å². The van der Waals surface area contributed by atoms with E-state index in [0.29, 0.717) is 15.4 Å². The van der Waals surface area contributed by atoms with E-state index >= 15 is 0 Å². The van der Waals surface area contributed by atoms with Gasteiger partial charge in [-0.25, -0.2) is 4.79 Å². The number of thiophene rings is 1. The van der Waals surface area contributed by atoms with Crippen LogP contribution < -0.4 is 10.1 Å². The number of aromatic nitrogens is 1. The highest BCUT2D eigenvalue weighted by Crippen LogP contribution is 2.39. The molecule has 0 aliphatic heterocycles. The molecule has 1 N–H and O–H groups in total. The standard InChI is InChI=1S/C22H22BrN3O4S3/c1-3-30-21(29)19-13-5-4-6-15(13)32-20(19)24-17(27)10-31-11-18(28)25-22-26(2)14-8-7-12(23)9-16(14)33-22/h7-9H,3-6,10-11H2,1-2H3,(H,24,27). The van der Waals surface area contributed by atoms with Gasteiger partial charge in [0, 0.05) is 16.4 Å². The number of nitrogens with zero attached hydrogens (tertiary/aromatic N) is 2. The number of halogens is 1. The van der Waals surface area contributed by atoms with Crippen LogP contribution in [0.5, 0.6) is 0 Å². The zero-order valence-electron chi connectivity index (χ0n) is 18.1. The number of esters is 1. The van der Waals surface area contributed by atoms with Gasteiger partial charge in [0.25, 0.3) is 5.91 Å². The number of hydrogen-bond donors (Lipinski definition) is 1. The van der Waals surface area contributed by atoms with E-state index in [1.54, 1.807) is 6.92 Å². The number of carbonyl (C=O) groups is 3. The summed E-state index contributed by atoms with van der Waals surface area (Å²) in [6.45, 7) is 2.05. The van der Waals surface area contributed by atoms with Crippen molar-refractivity contribution in [3.05, 3.63) is 43.5 Å². The van der Waals surface area contributed by atoms with E-state index in [1.807, 2.05) is 29.8 Å². The molecule has 0 bridgehead atoms. The highest BCUT2D eigenvalue weighted by atomic mass is 79.9. The SMILES string of the molecule is CCOC(=O)c1c(NC(=O)CSCC(=O)N=c2sc3cc(Br)ccc3n2C)sc2c1CCC2. The number of thioether (sulfide) groups is 1. The van der Waals surface area contributed by atoms with E-state index in [-0.39, 0.29) is 29.9 Å². The second-order valence-electron chi connectivity index (χ2n) is 7.38. The molecule has 0 atom stereocenters. The maximum Gasteiger partial charge on any atom is 0.341 e. The van der Waals surface area contributed by atoms with Crippen LogP contribution in [0.3, 0.4) is 0 Å². The Labute approximate surface area is 211 Å². The molecular weight excluding hydrogens is 546 g/mol. The predicted octanol–water partition coefficient (Wildman–Crippen LogP) is 4.53. The third kappa shape index (κ3) is 5.42. The minimum atomic E-state index is -0.392. The second-order valence-corrected chi connectivity index (χ2v) is 11.4. The molecule has 0 spiro atoms. The van der Waals surface area contributed by atoms with Crippen LogP contribution in [0.1, 0.15) is 34.1 Å².